The van der Waals surface area contributed by atoms with E-state index in [0.29, 0.717) is 17.1 Å². The maximum atomic E-state index is 12.4. The number of pyridine rings is 1. The highest BCUT2D eigenvalue weighted by Gasteiger charge is 2.15. The van der Waals surface area contributed by atoms with E-state index in [1.165, 1.54) is 18.3 Å². The second-order valence-electron chi connectivity index (χ2n) is 6.21. The number of rotatable bonds is 5. The minimum absolute atomic E-state index is 0.0469. The van der Waals surface area contributed by atoms with E-state index in [1.54, 1.807) is 22.8 Å². The number of hydrogen-bond acceptors (Lipinski definition) is 3. The van der Waals surface area contributed by atoms with Crippen molar-refractivity contribution in [2.45, 2.75) is 26.5 Å². The molecule has 1 aromatic heterocycles. The number of carboxylic acids is 1. The van der Waals surface area contributed by atoms with Crippen LogP contribution in [0.3, 0.4) is 0 Å². The Kier molecular flexibility index (Phi) is 4.88. The fraction of sp³-hybridized carbons (Fsp3) is 0.263. The molecule has 3 rings (SSSR count). The van der Waals surface area contributed by atoms with E-state index in [9.17, 15) is 23.5 Å². The van der Waals surface area contributed by atoms with Gasteiger partial charge in [0.2, 0.25) is 5.43 Å². The van der Waals surface area contributed by atoms with E-state index in [0.717, 1.165) is 12.0 Å². The average Bonchev–Trinajstić information content (AvgIpc) is 2.58. The quantitative estimate of drug-likeness (QED) is 0.882. The zero-order chi connectivity index (χ0) is 18.8. The Morgan fingerprint density at radius 1 is 1.35 bits per heavy atom. The number of aromatic nitrogens is 1. The fourth-order valence-corrected chi connectivity index (χ4v) is 2.99. The summed E-state index contributed by atoms with van der Waals surface area (Å²) in [6.07, 6.45) is 5.79. The zero-order valence-electron chi connectivity index (χ0n) is 14.0. The zero-order valence-corrected chi connectivity index (χ0v) is 14.0. The van der Waals surface area contributed by atoms with E-state index < -0.39 is 18.0 Å². The Balaban J connectivity index is 2.05. The Bertz CT molecular complexity index is 1010. The number of carboxylic acid groups (broad SMARTS) is 1. The molecule has 0 aliphatic heterocycles. The highest BCUT2D eigenvalue weighted by Crippen LogP contribution is 2.15. The van der Waals surface area contributed by atoms with Crippen molar-refractivity contribution in [3.63, 3.8) is 0 Å². The van der Waals surface area contributed by atoms with Crippen LogP contribution in [0.15, 0.2) is 35.3 Å². The maximum Gasteiger partial charge on any atom is 0.387 e. The summed E-state index contributed by atoms with van der Waals surface area (Å²) in [5, 5.41) is 10.4. The molecule has 1 atom stereocenters. The Hall–Kier alpha value is -2.96. The van der Waals surface area contributed by atoms with Gasteiger partial charge in [0.25, 0.3) is 0 Å². The summed E-state index contributed by atoms with van der Waals surface area (Å²) in [5.41, 5.74) is -0.0202. The third kappa shape index (κ3) is 3.66. The number of halogens is 2. The van der Waals surface area contributed by atoms with Crippen molar-refractivity contribution in [2.24, 2.45) is 5.92 Å². The molecule has 1 heterocycles. The van der Waals surface area contributed by atoms with Crippen LogP contribution >= 0.6 is 0 Å². The molecular formula is C19H17F2NO4. The molecule has 0 amide bonds. The van der Waals surface area contributed by atoms with E-state index in [-0.39, 0.29) is 17.2 Å². The average molecular weight is 361 g/mol. The minimum Gasteiger partial charge on any atom is -0.477 e. The smallest absolute Gasteiger partial charge is 0.387 e. The van der Waals surface area contributed by atoms with Gasteiger partial charge in [0, 0.05) is 23.3 Å². The lowest BCUT2D eigenvalue weighted by molar-refractivity contribution is -0.0498. The van der Waals surface area contributed by atoms with Crippen LogP contribution in [0.25, 0.3) is 12.2 Å². The summed E-state index contributed by atoms with van der Waals surface area (Å²) in [4.78, 5) is 23.8. The number of alkyl halides is 2. The SMILES string of the molecule is CC1C=c2c(=O)c(C(=O)O)cn(Cc3ccc(OC(F)F)cc3)c2=CC1. The normalized spacial score (nSPS) is 15.8. The molecule has 0 spiro atoms. The van der Waals surface area contributed by atoms with Crippen LogP contribution in [0.1, 0.15) is 29.3 Å². The van der Waals surface area contributed by atoms with Crippen molar-refractivity contribution in [2.75, 3.05) is 0 Å². The number of hydrogen-bond donors (Lipinski definition) is 1. The fourth-order valence-electron chi connectivity index (χ4n) is 2.99. The largest absolute Gasteiger partial charge is 0.477 e. The van der Waals surface area contributed by atoms with Crippen LogP contribution in [0.5, 0.6) is 5.75 Å². The van der Waals surface area contributed by atoms with Gasteiger partial charge in [-0.1, -0.05) is 31.2 Å². The second kappa shape index (κ2) is 7.11. The van der Waals surface area contributed by atoms with Crippen molar-refractivity contribution >= 4 is 18.1 Å². The number of aromatic carboxylic acids is 1. The molecule has 1 unspecified atom stereocenters. The Morgan fingerprint density at radius 3 is 2.65 bits per heavy atom. The first-order chi connectivity index (χ1) is 12.3. The van der Waals surface area contributed by atoms with E-state index in [1.807, 2.05) is 13.0 Å². The van der Waals surface area contributed by atoms with E-state index in [4.69, 9.17) is 0 Å². The molecule has 7 heteroatoms. The summed E-state index contributed by atoms with van der Waals surface area (Å²) < 4.78 is 30.5. The van der Waals surface area contributed by atoms with Gasteiger partial charge < -0.3 is 14.4 Å². The molecule has 0 fully saturated rings. The first-order valence-corrected chi connectivity index (χ1v) is 8.07. The lowest BCUT2D eigenvalue weighted by Gasteiger charge is -2.15. The molecule has 0 bridgehead atoms. The van der Waals surface area contributed by atoms with Crippen LogP contribution in [0, 0.1) is 5.92 Å². The maximum absolute atomic E-state index is 12.4. The Morgan fingerprint density at radius 2 is 2.04 bits per heavy atom. The van der Waals surface area contributed by atoms with Crippen molar-refractivity contribution in [1.29, 1.82) is 0 Å². The van der Waals surface area contributed by atoms with Gasteiger partial charge in [0.1, 0.15) is 11.3 Å². The van der Waals surface area contributed by atoms with E-state index >= 15 is 0 Å². The molecular weight excluding hydrogens is 344 g/mol. The van der Waals surface area contributed by atoms with Gasteiger partial charge in [-0.25, -0.2) is 4.79 Å². The Labute approximate surface area is 147 Å². The van der Waals surface area contributed by atoms with Crippen LogP contribution < -0.4 is 20.7 Å². The highest BCUT2D eigenvalue weighted by atomic mass is 19.3. The first kappa shape index (κ1) is 17.8. The first-order valence-electron chi connectivity index (χ1n) is 8.07. The third-order valence-electron chi connectivity index (χ3n) is 4.23. The number of ether oxygens (including phenoxy) is 1. The highest BCUT2D eigenvalue weighted by molar-refractivity contribution is 5.87. The molecule has 26 heavy (non-hydrogen) atoms. The molecule has 1 N–H and O–H groups in total. The predicted octanol–water partition coefficient (Wildman–Crippen LogP) is 1.80. The number of benzene rings is 1. The molecule has 1 aliphatic carbocycles. The van der Waals surface area contributed by atoms with Crippen LogP contribution in [-0.2, 0) is 6.54 Å². The van der Waals surface area contributed by atoms with Crippen LogP contribution in [0.4, 0.5) is 8.78 Å². The lowest BCUT2D eigenvalue weighted by Crippen LogP contribution is -2.49. The molecule has 5 nitrogen and oxygen atoms in total. The molecule has 2 aromatic rings. The van der Waals surface area contributed by atoms with E-state index in [2.05, 4.69) is 4.74 Å². The summed E-state index contributed by atoms with van der Waals surface area (Å²) in [5.74, 6) is -1.08. The van der Waals surface area contributed by atoms with Crippen LogP contribution in [-0.4, -0.2) is 22.3 Å². The van der Waals surface area contributed by atoms with Gasteiger partial charge in [0.15, 0.2) is 0 Å². The molecule has 0 saturated carbocycles. The third-order valence-corrected chi connectivity index (χ3v) is 4.23. The second-order valence-corrected chi connectivity index (χ2v) is 6.21. The summed E-state index contributed by atoms with van der Waals surface area (Å²) in [6, 6.07) is 6.09. The molecule has 136 valence electrons. The molecule has 0 saturated heterocycles. The minimum atomic E-state index is -2.89. The van der Waals surface area contributed by atoms with Crippen LogP contribution in [0.2, 0.25) is 0 Å². The summed E-state index contributed by atoms with van der Waals surface area (Å²) in [6.45, 7) is -0.633. The topological polar surface area (TPSA) is 68.5 Å². The number of fused-ring (bicyclic) bond motifs is 1. The van der Waals surface area contributed by atoms with Gasteiger partial charge in [-0.2, -0.15) is 8.78 Å². The molecule has 0 radical (unpaired) electrons. The molecule has 1 aromatic carbocycles. The monoisotopic (exact) mass is 361 g/mol. The van der Waals surface area contributed by atoms with Gasteiger partial charge in [-0.05, 0) is 30.0 Å². The standard InChI is InChI=1S/C19H17F2NO4/c1-11-2-7-16-14(8-11)17(23)15(18(24)25)10-22(16)9-12-3-5-13(6-4-12)26-19(20)21/h3-8,10-11,19H,2,9H2,1H3,(H,24,25). The van der Waals surface area contributed by atoms with Gasteiger partial charge >= 0.3 is 12.6 Å². The number of nitrogens with zero attached hydrogens (tertiary/aromatic N) is 1. The molecule has 1 aliphatic rings. The van der Waals surface area contributed by atoms with Gasteiger partial charge in [-0.15, -0.1) is 0 Å². The van der Waals surface area contributed by atoms with Crippen molar-refractivity contribution in [3.8, 4) is 5.75 Å². The number of carbonyl (C=O) groups is 1. The van der Waals surface area contributed by atoms with Gasteiger partial charge in [0.05, 0.1) is 0 Å². The predicted molar refractivity (Wildman–Crippen MR) is 91.8 cm³/mol. The summed E-state index contributed by atoms with van der Waals surface area (Å²) >= 11 is 0. The van der Waals surface area contributed by atoms with Crippen molar-refractivity contribution < 1.29 is 23.4 Å². The lowest BCUT2D eigenvalue weighted by atomic mass is 10.00. The van der Waals surface area contributed by atoms with Crippen molar-refractivity contribution in [3.05, 3.63) is 62.4 Å². The van der Waals surface area contributed by atoms with Crippen molar-refractivity contribution in [1.82, 2.24) is 4.57 Å². The van der Waals surface area contributed by atoms with Gasteiger partial charge in [-0.3, -0.25) is 4.79 Å². The summed E-state index contributed by atoms with van der Waals surface area (Å²) in [7, 11) is 0.